The van der Waals surface area contributed by atoms with Crippen molar-refractivity contribution < 1.29 is 4.79 Å². The highest BCUT2D eigenvalue weighted by atomic mass is 35.5. The summed E-state index contributed by atoms with van der Waals surface area (Å²) in [6.45, 7) is 2.03. The van der Waals surface area contributed by atoms with Crippen LogP contribution in [0.15, 0.2) is 0 Å². The quantitative estimate of drug-likeness (QED) is 0.860. The van der Waals surface area contributed by atoms with Crippen LogP contribution >= 0.6 is 35.9 Å². The number of anilines is 1. The Balaban J connectivity index is 0.00000161. The molecule has 1 aromatic heterocycles. The number of nitrogens with one attached hydrogen (secondary N) is 2. The second kappa shape index (κ2) is 7.71. The first-order valence-electron chi connectivity index (χ1n) is 6.90. The lowest BCUT2D eigenvalue weighted by molar-refractivity contribution is -0.114. The van der Waals surface area contributed by atoms with E-state index in [0.29, 0.717) is 11.9 Å². The van der Waals surface area contributed by atoms with Crippen LogP contribution in [-0.4, -0.2) is 49.8 Å². The zero-order valence-electron chi connectivity index (χ0n) is 11.9. The zero-order chi connectivity index (χ0) is 13.9. The van der Waals surface area contributed by atoms with Crippen LogP contribution in [0.2, 0.25) is 0 Å². The average Bonchev–Trinajstić information content (AvgIpc) is 3.10. The van der Waals surface area contributed by atoms with E-state index >= 15 is 0 Å². The lowest BCUT2D eigenvalue weighted by Crippen LogP contribution is -2.27. The van der Waals surface area contributed by atoms with Gasteiger partial charge in [-0.3, -0.25) is 10.1 Å². The van der Waals surface area contributed by atoms with Crippen molar-refractivity contribution in [1.82, 2.24) is 20.1 Å². The number of hydrogen-bond acceptors (Lipinski definition) is 6. The second-order valence-electron chi connectivity index (χ2n) is 5.00. The first kappa shape index (κ1) is 16.9. The number of rotatable bonds is 3. The first-order chi connectivity index (χ1) is 9.74. The Kier molecular flexibility index (Phi) is 6.21. The van der Waals surface area contributed by atoms with E-state index in [1.54, 1.807) is 28.2 Å². The van der Waals surface area contributed by atoms with Gasteiger partial charge < -0.3 is 5.32 Å². The molecule has 2 aliphatic rings. The molecule has 0 bridgehead atoms. The minimum Gasteiger partial charge on any atom is -0.317 e. The summed E-state index contributed by atoms with van der Waals surface area (Å²) in [5.41, 5.74) is 0. The van der Waals surface area contributed by atoms with Crippen molar-refractivity contribution in [3.05, 3.63) is 5.82 Å². The van der Waals surface area contributed by atoms with Gasteiger partial charge >= 0.3 is 0 Å². The van der Waals surface area contributed by atoms with Gasteiger partial charge in [0.2, 0.25) is 11.9 Å². The molecule has 2 saturated heterocycles. The number of carbonyl (C=O) groups is 1. The predicted molar refractivity (Wildman–Crippen MR) is 90.4 cm³/mol. The Hall–Kier alpha value is -0.440. The number of carbonyl (C=O) groups excluding carboxylic acids is 1. The number of aryl methyl sites for hydroxylation is 1. The number of amides is 1. The molecule has 3 rings (SSSR count). The molecule has 0 saturated carbocycles. The fourth-order valence-electron chi connectivity index (χ4n) is 2.45. The van der Waals surface area contributed by atoms with Crippen LogP contribution < -0.4 is 10.6 Å². The Morgan fingerprint density at radius 2 is 2.00 bits per heavy atom. The van der Waals surface area contributed by atoms with Crippen LogP contribution in [0.25, 0.3) is 0 Å². The Morgan fingerprint density at radius 1 is 1.33 bits per heavy atom. The van der Waals surface area contributed by atoms with Gasteiger partial charge in [0.1, 0.15) is 4.58 Å². The maximum Gasteiger partial charge on any atom is 0.249 e. The molecule has 1 aromatic rings. The highest BCUT2D eigenvalue weighted by Gasteiger charge is 2.26. The third kappa shape index (κ3) is 4.06. The van der Waals surface area contributed by atoms with E-state index in [0.717, 1.165) is 43.3 Å². The molecule has 0 unspecified atom stereocenters. The molecule has 0 aromatic carbocycles. The standard InChI is InChI=1S/C12H19N5OS2.ClH/c1-17-12(15-10(18)11-19-6-7-20-11)14-9(16-17)8-2-4-13-5-3-8;/h8,11,13H,2-7H2,1H3,(H,14,15,16,18);1H. The van der Waals surface area contributed by atoms with Gasteiger partial charge in [0.15, 0.2) is 5.82 Å². The zero-order valence-corrected chi connectivity index (χ0v) is 14.3. The van der Waals surface area contributed by atoms with Crippen LogP contribution in [0.1, 0.15) is 24.6 Å². The van der Waals surface area contributed by atoms with Gasteiger partial charge in [0, 0.05) is 24.5 Å². The number of piperidine rings is 1. The van der Waals surface area contributed by atoms with Crippen LogP contribution in [-0.2, 0) is 11.8 Å². The van der Waals surface area contributed by atoms with Gasteiger partial charge in [-0.15, -0.1) is 35.9 Å². The van der Waals surface area contributed by atoms with E-state index in [-0.39, 0.29) is 22.9 Å². The molecule has 2 fully saturated rings. The molecule has 0 aliphatic carbocycles. The average molecular weight is 350 g/mol. The summed E-state index contributed by atoms with van der Waals surface area (Å²) < 4.78 is 1.67. The molecule has 9 heteroatoms. The summed E-state index contributed by atoms with van der Waals surface area (Å²) in [6.07, 6.45) is 2.12. The Morgan fingerprint density at radius 3 is 2.67 bits per heavy atom. The van der Waals surface area contributed by atoms with Crippen LogP contribution in [0.3, 0.4) is 0 Å². The maximum atomic E-state index is 12.1. The fraction of sp³-hybridized carbons (Fsp3) is 0.750. The van der Waals surface area contributed by atoms with Crippen molar-refractivity contribution in [3.8, 4) is 0 Å². The molecule has 3 heterocycles. The SMILES string of the molecule is Cl.Cn1nc(C2CCNCC2)nc1NC(=O)C1SCCS1. The van der Waals surface area contributed by atoms with Crippen molar-refractivity contribution in [2.45, 2.75) is 23.3 Å². The summed E-state index contributed by atoms with van der Waals surface area (Å²) in [5, 5.41) is 10.7. The van der Waals surface area contributed by atoms with E-state index in [4.69, 9.17) is 0 Å². The van der Waals surface area contributed by atoms with Gasteiger partial charge in [0.05, 0.1) is 0 Å². The molecule has 21 heavy (non-hydrogen) atoms. The van der Waals surface area contributed by atoms with Gasteiger partial charge in [-0.2, -0.15) is 10.1 Å². The summed E-state index contributed by atoms with van der Waals surface area (Å²) in [5.74, 6) is 3.95. The van der Waals surface area contributed by atoms with Crippen molar-refractivity contribution in [2.75, 3.05) is 29.9 Å². The molecule has 0 atom stereocenters. The molecule has 0 radical (unpaired) electrons. The first-order valence-corrected chi connectivity index (χ1v) is 8.99. The monoisotopic (exact) mass is 349 g/mol. The maximum absolute atomic E-state index is 12.1. The fourth-order valence-corrected chi connectivity index (χ4v) is 5.03. The van der Waals surface area contributed by atoms with Gasteiger partial charge in [-0.1, -0.05) is 0 Å². The summed E-state index contributed by atoms with van der Waals surface area (Å²) in [4.78, 5) is 16.6. The molecular formula is C12H20ClN5OS2. The largest absolute Gasteiger partial charge is 0.317 e. The van der Waals surface area contributed by atoms with E-state index in [2.05, 4.69) is 20.7 Å². The van der Waals surface area contributed by atoms with Crippen molar-refractivity contribution in [1.29, 1.82) is 0 Å². The number of nitrogens with zero attached hydrogens (tertiary/aromatic N) is 3. The Labute approximate surface area is 139 Å². The third-order valence-corrected chi connectivity index (χ3v) is 6.54. The summed E-state index contributed by atoms with van der Waals surface area (Å²) in [7, 11) is 1.84. The minimum absolute atomic E-state index is 0. The number of hydrogen-bond donors (Lipinski definition) is 2. The number of aromatic nitrogens is 3. The molecule has 1 amide bonds. The second-order valence-corrected chi connectivity index (χ2v) is 7.73. The summed E-state index contributed by atoms with van der Waals surface area (Å²) >= 11 is 3.39. The van der Waals surface area contributed by atoms with Crippen molar-refractivity contribution in [3.63, 3.8) is 0 Å². The predicted octanol–water partition coefficient (Wildman–Crippen LogP) is 1.45. The van der Waals surface area contributed by atoms with Crippen LogP contribution in [0, 0.1) is 0 Å². The smallest absolute Gasteiger partial charge is 0.249 e. The summed E-state index contributed by atoms with van der Waals surface area (Å²) in [6, 6.07) is 0. The van der Waals surface area contributed by atoms with Gasteiger partial charge in [0.25, 0.3) is 0 Å². The minimum atomic E-state index is -0.00553. The Bertz CT molecular complexity index is 486. The lowest BCUT2D eigenvalue weighted by Gasteiger charge is -2.19. The molecule has 118 valence electrons. The van der Waals surface area contributed by atoms with Gasteiger partial charge in [-0.05, 0) is 25.9 Å². The molecule has 6 nitrogen and oxygen atoms in total. The number of thioether (sulfide) groups is 2. The normalized spacial score (nSPS) is 20.2. The lowest BCUT2D eigenvalue weighted by atomic mass is 9.98. The molecule has 0 spiro atoms. The van der Waals surface area contributed by atoms with Crippen LogP contribution in [0.4, 0.5) is 5.95 Å². The molecule has 2 N–H and O–H groups in total. The molecular weight excluding hydrogens is 330 g/mol. The van der Waals surface area contributed by atoms with E-state index in [9.17, 15) is 4.79 Å². The number of halogens is 1. The third-order valence-electron chi connectivity index (χ3n) is 3.55. The van der Waals surface area contributed by atoms with E-state index < -0.39 is 0 Å². The van der Waals surface area contributed by atoms with E-state index in [1.807, 2.05) is 7.05 Å². The molecule has 2 aliphatic heterocycles. The van der Waals surface area contributed by atoms with E-state index in [1.165, 1.54) is 0 Å². The topological polar surface area (TPSA) is 71.8 Å². The van der Waals surface area contributed by atoms with Crippen molar-refractivity contribution in [2.24, 2.45) is 7.05 Å². The van der Waals surface area contributed by atoms with Crippen molar-refractivity contribution >= 4 is 47.8 Å². The van der Waals surface area contributed by atoms with Gasteiger partial charge in [-0.25, -0.2) is 4.68 Å². The van der Waals surface area contributed by atoms with Crippen LogP contribution in [0.5, 0.6) is 0 Å². The highest BCUT2D eigenvalue weighted by Crippen LogP contribution is 2.32. The highest BCUT2D eigenvalue weighted by molar-refractivity contribution is 8.21.